The van der Waals surface area contributed by atoms with Crippen LogP contribution in [0.25, 0.3) is 0 Å². The summed E-state index contributed by atoms with van der Waals surface area (Å²) >= 11 is 1.76. The fourth-order valence-corrected chi connectivity index (χ4v) is 3.23. The third kappa shape index (κ3) is 4.43. The second-order valence-corrected chi connectivity index (χ2v) is 6.17. The number of para-hydroxylation sites is 1. The predicted molar refractivity (Wildman–Crippen MR) is 91.1 cm³/mol. The number of nitrogens with one attached hydrogen (secondary N) is 1. The molecule has 0 aliphatic carbocycles. The van der Waals surface area contributed by atoms with E-state index in [0.717, 1.165) is 31.4 Å². The standard InChI is InChI=1S/C18H23NOS/c1-3-14-8-5-9-15(4-2)18(14)19-17(20)12-6-10-16-11-7-13-21-16/h5,7-9,11,13H,3-4,6,10,12H2,1-2H3,(H,19,20). The lowest BCUT2D eigenvalue weighted by molar-refractivity contribution is -0.116. The summed E-state index contributed by atoms with van der Waals surface area (Å²) in [6.45, 7) is 4.25. The molecule has 1 N–H and O–H groups in total. The highest BCUT2D eigenvalue weighted by molar-refractivity contribution is 7.09. The lowest BCUT2D eigenvalue weighted by atomic mass is 10.0. The van der Waals surface area contributed by atoms with E-state index >= 15 is 0 Å². The average molecular weight is 301 g/mol. The molecule has 3 heteroatoms. The van der Waals surface area contributed by atoms with Crippen LogP contribution in [0.1, 0.15) is 42.7 Å². The number of carbonyl (C=O) groups excluding carboxylic acids is 1. The van der Waals surface area contributed by atoms with E-state index in [9.17, 15) is 4.79 Å². The molecule has 0 atom stereocenters. The summed E-state index contributed by atoms with van der Waals surface area (Å²) in [5, 5.41) is 5.21. The Morgan fingerprint density at radius 3 is 2.38 bits per heavy atom. The first-order valence-corrected chi connectivity index (χ1v) is 8.55. The summed E-state index contributed by atoms with van der Waals surface area (Å²) in [6, 6.07) is 10.5. The van der Waals surface area contributed by atoms with Gasteiger partial charge in [-0.15, -0.1) is 11.3 Å². The number of anilines is 1. The van der Waals surface area contributed by atoms with Gasteiger partial charge in [-0.05, 0) is 48.3 Å². The summed E-state index contributed by atoms with van der Waals surface area (Å²) in [4.78, 5) is 13.5. The van der Waals surface area contributed by atoms with Gasteiger partial charge in [0.05, 0.1) is 0 Å². The van der Waals surface area contributed by atoms with Crippen LogP contribution in [0.2, 0.25) is 0 Å². The maximum Gasteiger partial charge on any atom is 0.224 e. The van der Waals surface area contributed by atoms with Gasteiger partial charge in [0.2, 0.25) is 5.91 Å². The zero-order valence-corrected chi connectivity index (χ0v) is 13.6. The molecule has 2 rings (SSSR count). The number of carbonyl (C=O) groups is 1. The van der Waals surface area contributed by atoms with E-state index in [-0.39, 0.29) is 5.91 Å². The van der Waals surface area contributed by atoms with Crippen molar-refractivity contribution in [1.82, 2.24) is 0 Å². The molecule has 1 aromatic carbocycles. The molecular weight excluding hydrogens is 278 g/mol. The van der Waals surface area contributed by atoms with E-state index in [0.29, 0.717) is 6.42 Å². The predicted octanol–water partition coefficient (Wildman–Crippen LogP) is 4.83. The molecule has 0 aliphatic rings. The molecule has 0 bridgehead atoms. The van der Waals surface area contributed by atoms with Gasteiger partial charge in [0.15, 0.2) is 0 Å². The van der Waals surface area contributed by atoms with Crippen molar-refractivity contribution in [2.45, 2.75) is 46.0 Å². The first-order chi connectivity index (χ1) is 10.2. The number of thiophene rings is 1. The van der Waals surface area contributed by atoms with Gasteiger partial charge in [-0.25, -0.2) is 0 Å². The van der Waals surface area contributed by atoms with Gasteiger partial charge in [-0.2, -0.15) is 0 Å². The van der Waals surface area contributed by atoms with Crippen molar-refractivity contribution in [3.05, 3.63) is 51.7 Å². The minimum atomic E-state index is 0.127. The Kier molecular flexibility index (Phi) is 6.00. The highest BCUT2D eigenvalue weighted by Crippen LogP contribution is 2.23. The summed E-state index contributed by atoms with van der Waals surface area (Å²) in [6.07, 6.45) is 4.36. The highest BCUT2D eigenvalue weighted by atomic mass is 32.1. The summed E-state index contributed by atoms with van der Waals surface area (Å²) in [7, 11) is 0. The molecule has 2 nitrogen and oxygen atoms in total. The summed E-state index contributed by atoms with van der Waals surface area (Å²) in [5.41, 5.74) is 3.48. The van der Waals surface area contributed by atoms with Gasteiger partial charge < -0.3 is 5.32 Å². The second kappa shape index (κ2) is 7.99. The van der Waals surface area contributed by atoms with Crippen molar-refractivity contribution in [1.29, 1.82) is 0 Å². The topological polar surface area (TPSA) is 29.1 Å². The molecule has 2 aromatic rings. The third-order valence-corrected chi connectivity index (χ3v) is 4.61. The lowest BCUT2D eigenvalue weighted by Crippen LogP contribution is -2.14. The van der Waals surface area contributed by atoms with Gasteiger partial charge in [-0.3, -0.25) is 4.79 Å². The summed E-state index contributed by atoms with van der Waals surface area (Å²) < 4.78 is 0. The van der Waals surface area contributed by atoms with Crippen LogP contribution in [0.3, 0.4) is 0 Å². The number of benzene rings is 1. The SMILES string of the molecule is CCc1cccc(CC)c1NC(=O)CCCc1cccs1. The van der Waals surface area contributed by atoms with Crippen molar-refractivity contribution in [2.24, 2.45) is 0 Å². The third-order valence-electron chi connectivity index (χ3n) is 3.67. The van der Waals surface area contributed by atoms with Crippen LogP contribution in [0.4, 0.5) is 5.69 Å². The van der Waals surface area contributed by atoms with E-state index in [1.807, 2.05) is 0 Å². The van der Waals surface area contributed by atoms with Gasteiger partial charge >= 0.3 is 0 Å². The number of rotatable bonds is 7. The molecule has 0 saturated carbocycles. The normalized spacial score (nSPS) is 10.6. The van der Waals surface area contributed by atoms with E-state index in [1.54, 1.807) is 11.3 Å². The van der Waals surface area contributed by atoms with Gasteiger partial charge in [0.25, 0.3) is 0 Å². The van der Waals surface area contributed by atoms with Crippen LogP contribution in [0, 0.1) is 0 Å². The maximum absolute atomic E-state index is 12.2. The molecule has 1 aromatic heterocycles. The smallest absolute Gasteiger partial charge is 0.224 e. The number of amides is 1. The zero-order chi connectivity index (χ0) is 15.1. The van der Waals surface area contributed by atoms with Crippen LogP contribution in [0.5, 0.6) is 0 Å². The minimum Gasteiger partial charge on any atom is -0.326 e. The highest BCUT2D eigenvalue weighted by Gasteiger charge is 2.10. The Balaban J connectivity index is 1.93. The zero-order valence-electron chi connectivity index (χ0n) is 12.8. The average Bonchev–Trinajstić information content (AvgIpc) is 3.00. The molecule has 0 unspecified atom stereocenters. The van der Waals surface area contributed by atoms with Crippen LogP contribution >= 0.6 is 11.3 Å². The van der Waals surface area contributed by atoms with E-state index in [1.165, 1.54) is 16.0 Å². The molecule has 0 radical (unpaired) electrons. The van der Waals surface area contributed by atoms with Crippen molar-refractivity contribution in [2.75, 3.05) is 5.32 Å². The molecule has 1 amide bonds. The Labute approximate surface area is 131 Å². The molecular formula is C18H23NOS. The minimum absolute atomic E-state index is 0.127. The Hall–Kier alpha value is -1.61. The number of hydrogen-bond donors (Lipinski definition) is 1. The van der Waals surface area contributed by atoms with Crippen molar-refractivity contribution < 1.29 is 4.79 Å². The fraction of sp³-hybridized carbons (Fsp3) is 0.389. The molecule has 0 fully saturated rings. The maximum atomic E-state index is 12.2. The van der Waals surface area contributed by atoms with Gasteiger partial charge in [0, 0.05) is 17.0 Å². The van der Waals surface area contributed by atoms with E-state index in [2.05, 4.69) is 54.9 Å². The molecule has 112 valence electrons. The van der Waals surface area contributed by atoms with Crippen LogP contribution < -0.4 is 5.32 Å². The number of hydrogen-bond acceptors (Lipinski definition) is 2. The molecule has 0 spiro atoms. The monoisotopic (exact) mass is 301 g/mol. The fourth-order valence-electron chi connectivity index (χ4n) is 2.48. The first kappa shape index (κ1) is 15.8. The molecule has 21 heavy (non-hydrogen) atoms. The Morgan fingerprint density at radius 1 is 1.10 bits per heavy atom. The Morgan fingerprint density at radius 2 is 1.81 bits per heavy atom. The quantitative estimate of drug-likeness (QED) is 0.779. The number of aryl methyl sites for hydroxylation is 3. The Bertz CT molecular complexity index is 553. The molecule has 0 aliphatic heterocycles. The van der Waals surface area contributed by atoms with Crippen LogP contribution in [0.15, 0.2) is 35.7 Å². The van der Waals surface area contributed by atoms with Crippen molar-refractivity contribution in [3.63, 3.8) is 0 Å². The largest absolute Gasteiger partial charge is 0.326 e. The van der Waals surface area contributed by atoms with E-state index < -0.39 is 0 Å². The van der Waals surface area contributed by atoms with Crippen molar-refractivity contribution >= 4 is 22.9 Å². The molecule has 0 saturated heterocycles. The summed E-state index contributed by atoms with van der Waals surface area (Å²) in [5.74, 6) is 0.127. The lowest BCUT2D eigenvalue weighted by Gasteiger charge is -2.14. The van der Waals surface area contributed by atoms with Crippen LogP contribution in [-0.2, 0) is 24.1 Å². The molecule has 1 heterocycles. The second-order valence-electron chi connectivity index (χ2n) is 5.14. The first-order valence-electron chi connectivity index (χ1n) is 7.67. The van der Waals surface area contributed by atoms with E-state index in [4.69, 9.17) is 0 Å². The van der Waals surface area contributed by atoms with Gasteiger partial charge in [-0.1, -0.05) is 38.1 Å². The van der Waals surface area contributed by atoms with Gasteiger partial charge in [0.1, 0.15) is 0 Å². The van der Waals surface area contributed by atoms with Crippen molar-refractivity contribution in [3.8, 4) is 0 Å². The van der Waals surface area contributed by atoms with Crippen LogP contribution in [-0.4, -0.2) is 5.91 Å².